The fourth-order valence-corrected chi connectivity index (χ4v) is 1.93. The molecule has 0 saturated carbocycles. The Bertz CT molecular complexity index is 377. The maximum absolute atomic E-state index is 11.5. The largest absolute Gasteiger partial charge is 0.393 e. The first-order chi connectivity index (χ1) is 8.59. The van der Waals surface area contributed by atoms with Crippen molar-refractivity contribution >= 4 is 23.2 Å². The molecule has 1 aromatic heterocycles. The zero-order chi connectivity index (χ0) is 13.4. The Morgan fingerprint density at radius 2 is 2.17 bits per heavy atom. The summed E-state index contributed by atoms with van der Waals surface area (Å²) in [4.78, 5) is 23.5. The van der Waals surface area contributed by atoms with Crippen LogP contribution in [0.25, 0.3) is 0 Å². The fraction of sp³-hybridized carbons (Fsp3) is 0.500. The molecule has 2 amide bonds. The maximum Gasteiger partial charge on any atom is 0.261 e. The van der Waals surface area contributed by atoms with Gasteiger partial charge in [-0.15, -0.1) is 11.3 Å². The SMILES string of the molecule is CC(O)CCNC(=O)CCNC(=O)c1cccs1. The van der Waals surface area contributed by atoms with E-state index in [2.05, 4.69) is 10.6 Å². The summed E-state index contributed by atoms with van der Waals surface area (Å²) in [6, 6.07) is 3.55. The minimum absolute atomic E-state index is 0.123. The summed E-state index contributed by atoms with van der Waals surface area (Å²) >= 11 is 1.37. The standard InChI is InChI=1S/C12H18N2O3S/c1-9(15)4-6-13-11(16)5-7-14-12(17)10-3-2-8-18-10/h2-3,8-9,15H,4-7H2,1H3,(H,13,16)(H,14,17). The normalized spacial score (nSPS) is 11.9. The number of hydrogen-bond acceptors (Lipinski definition) is 4. The molecule has 0 radical (unpaired) electrons. The summed E-state index contributed by atoms with van der Waals surface area (Å²) in [5.74, 6) is -0.274. The first-order valence-electron chi connectivity index (χ1n) is 5.86. The van der Waals surface area contributed by atoms with Crippen LogP contribution < -0.4 is 10.6 Å². The Balaban J connectivity index is 2.10. The average molecular weight is 270 g/mol. The first-order valence-corrected chi connectivity index (χ1v) is 6.74. The Morgan fingerprint density at radius 3 is 2.78 bits per heavy atom. The molecule has 1 atom stereocenters. The second-order valence-corrected chi connectivity index (χ2v) is 4.92. The van der Waals surface area contributed by atoms with Crippen LogP contribution >= 0.6 is 11.3 Å². The molecule has 6 heteroatoms. The number of hydrogen-bond donors (Lipinski definition) is 3. The van der Waals surface area contributed by atoms with Crippen molar-refractivity contribution in [3.05, 3.63) is 22.4 Å². The minimum atomic E-state index is -0.413. The van der Waals surface area contributed by atoms with Gasteiger partial charge in [-0.1, -0.05) is 6.07 Å². The third-order valence-corrected chi connectivity index (χ3v) is 3.14. The molecule has 0 saturated heterocycles. The number of nitrogens with one attached hydrogen (secondary N) is 2. The summed E-state index contributed by atoms with van der Waals surface area (Å²) in [5, 5.41) is 16.2. The third kappa shape index (κ3) is 5.79. The molecule has 100 valence electrons. The predicted octanol–water partition coefficient (Wildman–Crippen LogP) is 0.755. The van der Waals surface area contributed by atoms with Gasteiger partial charge in [-0.25, -0.2) is 0 Å². The van der Waals surface area contributed by atoms with E-state index in [1.165, 1.54) is 11.3 Å². The topological polar surface area (TPSA) is 78.4 Å². The second-order valence-electron chi connectivity index (χ2n) is 3.97. The maximum atomic E-state index is 11.5. The molecule has 18 heavy (non-hydrogen) atoms. The highest BCUT2D eigenvalue weighted by atomic mass is 32.1. The van der Waals surface area contributed by atoms with Crippen LogP contribution in [0.3, 0.4) is 0 Å². The highest BCUT2D eigenvalue weighted by Gasteiger charge is 2.07. The van der Waals surface area contributed by atoms with Crippen molar-refractivity contribution in [3.63, 3.8) is 0 Å². The molecule has 3 N–H and O–H groups in total. The molecule has 0 bridgehead atoms. The molecule has 1 heterocycles. The van der Waals surface area contributed by atoms with Crippen LogP contribution in [-0.2, 0) is 4.79 Å². The molecule has 1 aromatic rings. The summed E-state index contributed by atoms with van der Waals surface area (Å²) in [6.07, 6.45) is 0.369. The molecule has 0 aliphatic rings. The molecule has 1 unspecified atom stereocenters. The summed E-state index contributed by atoms with van der Waals surface area (Å²) in [5.41, 5.74) is 0. The highest BCUT2D eigenvalue weighted by molar-refractivity contribution is 7.12. The molecule has 0 spiro atoms. The first kappa shape index (κ1) is 14.7. The zero-order valence-electron chi connectivity index (χ0n) is 10.3. The van der Waals surface area contributed by atoms with E-state index in [9.17, 15) is 9.59 Å². The number of aliphatic hydroxyl groups excluding tert-OH is 1. The van der Waals surface area contributed by atoms with E-state index in [1.54, 1.807) is 13.0 Å². The highest BCUT2D eigenvalue weighted by Crippen LogP contribution is 2.07. The Morgan fingerprint density at radius 1 is 1.39 bits per heavy atom. The lowest BCUT2D eigenvalue weighted by Gasteiger charge is -2.07. The van der Waals surface area contributed by atoms with Crippen LogP contribution in [0.15, 0.2) is 17.5 Å². The zero-order valence-corrected chi connectivity index (χ0v) is 11.1. The van der Waals surface area contributed by atoms with Crippen molar-refractivity contribution in [2.75, 3.05) is 13.1 Å². The van der Waals surface area contributed by atoms with E-state index in [0.29, 0.717) is 24.4 Å². The Kier molecular flexibility index (Phi) is 6.38. The molecule has 5 nitrogen and oxygen atoms in total. The minimum Gasteiger partial charge on any atom is -0.393 e. The van der Waals surface area contributed by atoms with Crippen molar-refractivity contribution in [1.82, 2.24) is 10.6 Å². The van der Waals surface area contributed by atoms with Gasteiger partial charge in [0.2, 0.25) is 5.91 Å². The fourth-order valence-electron chi connectivity index (χ4n) is 1.29. The van der Waals surface area contributed by atoms with Gasteiger partial charge < -0.3 is 15.7 Å². The number of rotatable bonds is 7. The van der Waals surface area contributed by atoms with Crippen molar-refractivity contribution in [2.45, 2.75) is 25.9 Å². The monoisotopic (exact) mass is 270 g/mol. The van der Waals surface area contributed by atoms with Gasteiger partial charge in [0, 0.05) is 19.5 Å². The van der Waals surface area contributed by atoms with Gasteiger partial charge in [-0.05, 0) is 24.8 Å². The van der Waals surface area contributed by atoms with Crippen LogP contribution in [-0.4, -0.2) is 36.1 Å². The van der Waals surface area contributed by atoms with Gasteiger partial charge in [0.1, 0.15) is 0 Å². The van der Waals surface area contributed by atoms with Crippen molar-refractivity contribution in [3.8, 4) is 0 Å². The van der Waals surface area contributed by atoms with Crippen molar-refractivity contribution in [2.24, 2.45) is 0 Å². The van der Waals surface area contributed by atoms with E-state index in [-0.39, 0.29) is 18.2 Å². The number of amides is 2. The van der Waals surface area contributed by atoms with Gasteiger partial charge >= 0.3 is 0 Å². The molecular formula is C12H18N2O3S. The van der Waals surface area contributed by atoms with Gasteiger partial charge in [-0.3, -0.25) is 9.59 Å². The van der Waals surface area contributed by atoms with Gasteiger partial charge in [0.25, 0.3) is 5.91 Å². The van der Waals surface area contributed by atoms with Crippen molar-refractivity contribution in [1.29, 1.82) is 0 Å². The predicted molar refractivity (Wildman–Crippen MR) is 70.6 cm³/mol. The van der Waals surface area contributed by atoms with Crippen LogP contribution in [0.1, 0.15) is 29.4 Å². The molecule has 0 aliphatic carbocycles. The number of carbonyl (C=O) groups excluding carboxylic acids is 2. The lowest BCUT2D eigenvalue weighted by Crippen LogP contribution is -2.31. The van der Waals surface area contributed by atoms with E-state index in [1.807, 2.05) is 11.4 Å². The number of aliphatic hydroxyl groups is 1. The summed E-state index contributed by atoms with van der Waals surface area (Å²) in [6.45, 7) is 2.44. The van der Waals surface area contributed by atoms with E-state index in [4.69, 9.17) is 5.11 Å². The van der Waals surface area contributed by atoms with Gasteiger partial charge in [-0.2, -0.15) is 0 Å². The Hall–Kier alpha value is -1.40. The molecule has 0 aliphatic heterocycles. The quantitative estimate of drug-likeness (QED) is 0.684. The van der Waals surface area contributed by atoms with Crippen molar-refractivity contribution < 1.29 is 14.7 Å². The van der Waals surface area contributed by atoms with Crippen LogP contribution in [0.5, 0.6) is 0 Å². The molecule has 1 rings (SSSR count). The average Bonchev–Trinajstić information content (AvgIpc) is 2.81. The van der Waals surface area contributed by atoms with Crippen LogP contribution in [0, 0.1) is 0 Å². The molecule has 0 aromatic carbocycles. The number of carbonyl (C=O) groups is 2. The summed E-state index contributed by atoms with van der Waals surface area (Å²) in [7, 11) is 0. The lowest BCUT2D eigenvalue weighted by atomic mass is 10.3. The molecular weight excluding hydrogens is 252 g/mol. The smallest absolute Gasteiger partial charge is 0.261 e. The third-order valence-electron chi connectivity index (χ3n) is 2.27. The second kappa shape index (κ2) is 7.84. The van der Waals surface area contributed by atoms with E-state index < -0.39 is 6.10 Å². The Labute approximate surface area is 110 Å². The van der Waals surface area contributed by atoms with Gasteiger partial charge in [0.05, 0.1) is 11.0 Å². The summed E-state index contributed by atoms with van der Waals surface area (Å²) < 4.78 is 0. The van der Waals surface area contributed by atoms with Crippen LogP contribution in [0.2, 0.25) is 0 Å². The van der Waals surface area contributed by atoms with E-state index >= 15 is 0 Å². The van der Waals surface area contributed by atoms with Crippen LogP contribution in [0.4, 0.5) is 0 Å². The molecule has 0 fully saturated rings. The van der Waals surface area contributed by atoms with E-state index in [0.717, 1.165) is 0 Å². The number of thiophene rings is 1. The lowest BCUT2D eigenvalue weighted by molar-refractivity contribution is -0.121. The van der Waals surface area contributed by atoms with Gasteiger partial charge in [0.15, 0.2) is 0 Å².